The molecule has 0 fully saturated rings. The summed E-state index contributed by atoms with van der Waals surface area (Å²) in [6.45, 7) is 2.97. The maximum atomic E-state index is 12.8. The summed E-state index contributed by atoms with van der Waals surface area (Å²) in [6, 6.07) is 17.6. The number of benzene rings is 2. The van der Waals surface area contributed by atoms with Crippen molar-refractivity contribution in [3.8, 4) is 0 Å². The smallest absolute Gasteiger partial charge is 0.123 e. The highest BCUT2D eigenvalue weighted by molar-refractivity contribution is 5.16. The van der Waals surface area contributed by atoms with Gasteiger partial charge in [-0.15, -0.1) is 0 Å². The van der Waals surface area contributed by atoms with Crippen LogP contribution in [0.5, 0.6) is 0 Å². The van der Waals surface area contributed by atoms with Crippen molar-refractivity contribution in [3.63, 3.8) is 0 Å². The summed E-state index contributed by atoms with van der Waals surface area (Å²) >= 11 is 0. The molecule has 0 radical (unpaired) electrons. The van der Waals surface area contributed by atoms with Gasteiger partial charge >= 0.3 is 0 Å². The summed E-state index contributed by atoms with van der Waals surface area (Å²) in [6.07, 6.45) is 2.18. The maximum absolute atomic E-state index is 12.8. The fraction of sp³-hybridized carbons (Fsp3) is 0.294. The Labute approximate surface area is 114 Å². The normalized spacial score (nSPS) is 12.3. The number of rotatable bonds is 6. The first-order valence-corrected chi connectivity index (χ1v) is 6.76. The van der Waals surface area contributed by atoms with Crippen molar-refractivity contribution in [3.05, 3.63) is 71.5 Å². The minimum atomic E-state index is -0.180. The predicted molar refractivity (Wildman–Crippen MR) is 77.5 cm³/mol. The first kappa shape index (κ1) is 13.8. The van der Waals surface area contributed by atoms with Gasteiger partial charge in [0.05, 0.1) is 0 Å². The zero-order chi connectivity index (χ0) is 13.5. The van der Waals surface area contributed by atoms with Crippen LogP contribution in [-0.2, 0) is 13.0 Å². The van der Waals surface area contributed by atoms with Gasteiger partial charge in [0.2, 0.25) is 0 Å². The Morgan fingerprint density at radius 3 is 2.32 bits per heavy atom. The zero-order valence-electron chi connectivity index (χ0n) is 11.3. The standard InChI is InChI=1S/C17H20FN/c1-14(7-8-15-5-3-2-4-6-15)19-13-16-9-11-17(18)12-10-16/h2-6,9-12,14,19H,7-8,13H2,1H3/t14-/m1/s1. The van der Waals surface area contributed by atoms with Crippen LogP contribution in [0.25, 0.3) is 0 Å². The topological polar surface area (TPSA) is 12.0 Å². The van der Waals surface area contributed by atoms with Crippen LogP contribution in [0.1, 0.15) is 24.5 Å². The van der Waals surface area contributed by atoms with E-state index in [1.54, 1.807) is 0 Å². The van der Waals surface area contributed by atoms with Crippen molar-refractivity contribution in [2.45, 2.75) is 32.4 Å². The van der Waals surface area contributed by atoms with E-state index >= 15 is 0 Å². The first-order valence-electron chi connectivity index (χ1n) is 6.76. The lowest BCUT2D eigenvalue weighted by Gasteiger charge is -2.13. The Bertz CT molecular complexity index is 478. The average Bonchev–Trinajstić information content (AvgIpc) is 2.45. The summed E-state index contributed by atoms with van der Waals surface area (Å²) in [4.78, 5) is 0. The molecule has 0 amide bonds. The Morgan fingerprint density at radius 1 is 0.947 bits per heavy atom. The van der Waals surface area contributed by atoms with Crippen molar-refractivity contribution >= 4 is 0 Å². The van der Waals surface area contributed by atoms with Gasteiger partial charge in [-0.05, 0) is 43.0 Å². The summed E-state index contributed by atoms with van der Waals surface area (Å²) in [5.41, 5.74) is 2.49. The van der Waals surface area contributed by atoms with Crippen LogP contribution in [0.2, 0.25) is 0 Å². The van der Waals surface area contributed by atoms with Gasteiger partial charge in [-0.1, -0.05) is 42.5 Å². The summed E-state index contributed by atoms with van der Waals surface area (Å²) in [5.74, 6) is -0.180. The molecule has 2 rings (SSSR count). The second kappa shape index (κ2) is 7.05. The van der Waals surface area contributed by atoms with E-state index in [0.29, 0.717) is 6.04 Å². The minimum absolute atomic E-state index is 0.180. The van der Waals surface area contributed by atoms with Gasteiger partial charge in [0.25, 0.3) is 0 Å². The zero-order valence-corrected chi connectivity index (χ0v) is 11.3. The first-order chi connectivity index (χ1) is 9.24. The molecule has 1 nitrogen and oxygen atoms in total. The minimum Gasteiger partial charge on any atom is -0.310 e. The van der Waals surface area contributed by atoms with Gasteiger partial charge in [0.15, 0.2) is 0 Å². The fourth-order valence-corrected chi connectivity index (χ4v) is 2.02. The molecule has 0 bridgehead atoms. The Morgan fingerprint density at radius 2 is 1.63 bits per heavy atom. The van der Waals surface area contributed by atoms with E-state index in [2.05, 4.69) is 36.5 Å². The van der Waals surface area contributed by atoms with Crippen molar-refractivity contribution in [1.82, 2.24) is 5.32 Å². The molecule has 0 heterocycles. The highest BCUT2D eigenvalue weighted by atomic mass is 19.1. The van der Waals surface area contributed by atoms with E-state index in [0.717, 1.165) is 24.9 Å². The van der Waals surface area contributed by atoms with Crippen LogP contribution in [0.15, 0.2) is 54.6 Å². The molecule has 19 heavy (non-hydrogen) atoms. The molecule has 0 saturated carbocycles. The van der Waals surface area contributed by atoms with Gasteiger partial charge in [0, 0.05) is 12.6 Å². The third-order valence-electron chi connectivity index (χ3n) is 3.28. The summed E-state index contributed by atoms with van der Waals surface area (Å²) in [7, 11) is 0. The van der Waals surface area contributed by atoms with E-state index in [9.17, 15) is 4.39 Å². The van der Waals surface area contributed by atoms with E-state index in [1.807, 2.05) is 18.2 Å². The lowest BCUT2D eigenvalue weighted by molar-refractivity contribution is 0.513. The largest absolute Gasteiger partial charge is 0.310 e. The van der Waals surface area contributed by atoms with Gasteiger partial charge in [-0.3, -0.25) is 0 Å². The molecule has 0 spiro atoms. The quantitative estimate of drug-likeness (QED) is 0.826. The number of nitrogens with one attached hydrogen (secondary N) is 1. The molecule has 0 aliphatic rings. The fourth-order valence-electron chi connectivity index (χ4n) is 2.02. The second-order valence-electron chi connectivity index (χ2n) is 4.93. The molecule has 2 aromatic rings. The number of aryl methyl sites for hydroxylation is 1. The Kier molecular flexibility index (Phi) is 5.10. The Balaban J connectivity index is 1.72. The van der Waals surface area contributed by atoms with Crippen molar-refractivity contribution in [2.24, 2.45) is 0 Å². The molecule has 100 valence electrons. The molecule has 0 saturated heterocycles. The van der Waals surface area contributed by atoms with Gasteiger partial charge in [-0.25, -0.2) is 4.39 Å². The van der Waals surface area contributed by atoms with E-state index in [-0.39, 0.29) is 5.82 Å². The predicted octanol–water partition coefficient (Wildman–Crippen LogP) is 3.94. The lowest BCUT2D eigenvalue weighted by Crippen LogP contribution is -2.25. The van der Waals surface area contributed by atoms with E-state index < -0.39 is 0 Å². The van der Waals surface area contributed by atoms with Crippen LogP contribution < -0.4 is 5.32 Å². The highest BCUT2D eigenvalue weighted by Crippen LogP contribution is 2.06. The number of hydrogen-bond donors (Lipinski definition) is 1. The van der Waals surface area contributed by atoms with Crippen molar-refractivity contribution < 1.29 is 4.39 Å². The molecule has 0 unspecified atom stereocenters. The molecule has 1 N–H and O–H groups in total. The third-order valence-corrected chi connectivity index (χ3v) is 3.28. The highest BCUT2D eigenvalue weighted by Gasteiger charge is 2.02. The molecule has 1 atom stereocenters. The monoisotopic (exact) mass is 257 g/mol. The SMILES string of the molecule is C[C@H](CCc1ccccc1)NCc1ccc(F)cc1. The number of hydrogen-bond acceptors (Lipinski definition) is 1. The van der Waals surface area contributed by atoms with Crippen LogP contribution in [0.4, 0.5) is 4.39 Å². The molecular formula is C17H20FN. The molecule has 0 aliphatic carbocycles. The van der Waals surface area contributed by atoms with Gasteiger partial charge in [-0.2, -0.15) is 0 Å². The Hall–Kier alpha value is -1.67. The van der Waals surface area contributed by atoms with E-state index in [1.165, 1.54) is 17.7 Å². The molecular weight excluding hydrogens is 237 g/mol. The van der Waals surface area contributed by atoms with Crippen LogP contribution in [0, 0.1) is 5.82 Å². The van der Waals surface area contributed by atoms with Crippen LogP contribution >= 0.6 is 0 Å². The number of halogens is 1. The maximum Gasteiger partial charge on any atom is 0.123 e. The second-order valence-corrected chi connectivity index (χ2v) is 4.93. The average molecular weight is 257 g/mol. The molecule has 2 aromatic carbocycles. The van der Waals surface area contributed by atoms with Gasteiger partial charge < -0.3 is 5.32 Å². The van der Waals surface area contributed by atoms with Gasteiger partial charge in [0.1, 0.15) is 5.82 Å². The summed E-state index contributed by atoms with van der Waals surface area (Å²) in [5, 5.41) is 3.47. The van der Waals surface area contributed by atoms with E-state index in [4.69, 9.17) is 0 Å². The molecule has 0 aliphatic heterocycles. The van der Waals surface area contributed by atoms with Crippen LogP contribution in [-0.4, -0.2) is 6.04 Å². The lowest BCUT2D eigenvalue weighted by atomic mass is 10.1. The van der Waals surface area contributed by atoms with Crippen LogP contribution in [0.3, 0.4) is 0 Å². The molecule has 0 aromatic heterocycles. The van der Waals surface area contributed by atoms with Crippen molar-refractivity contribution in [2.75, 3.05) is 0 Å². The summed E-state index contributed by atoms with van der Waals surface area (Å²) < 4.78 is 12.8. The molecule has 2 heteroatoms. The third kappa shape index (κ3) is 4.84. The van der Waals surface area contributed by atoms with Crippen molar-refractivity contribution in [1.29, 1.82) is 0 Å².